The highest BCUT2D eigenvalue weighted by Gasteiger charge is 2.20. The molecule has 0 saturated carbocycles. The summed E-state index contributed by atoms with van der Waals surface area (Å²) >= 11 is 1.29. The third kappa shape index (κ3) is 10.9. The van der Waals surface area contributed by atoms with Crippen LogP contribution in [0.5, 0.6) is 0 Å². The average Bonchev–Trinajstić information content (AvgIpc) is 2.36. The Morgan fingerprint density at radius 3 is 2.43 bits per heavy atom. The van der Waals surface area contributed by atoms with E-state index in [2.05, 4.69) is 17.0 Å². The first-order chi connectivity index (χ1) is 9.86. The average molecular weight is 321 g/mol. The molecule has 0 bridgehead atoms. The van der Waals surface area contributed by atoms with Gasteiger partial charge in [0, 0.05) is 20.4 Å². The molecule has 2 atom stereocenters. The number of nitrogens with one attached hydrogen (secondary N) is 1. The molecule has 0 heterocycles. The van der Waals surface area contributed by atoms with Gasteiger partial charge in [-0.05, 0) is 12.2 Å². The Labute approximate surface area is 128 Å². The maximum atomic E-state index is 11.4. The molecule has 122 valence electrons. The van der Waals surface area contributed by atoms with E-state index in [-0.39, 0.29) is 6.54 Å². The van der Waals surface area contributed by atoms with Crippen LogP contribution < -0.4 is 5.32 Å². The number of hydrogen-bond donors (Lipinski definition) is 2. The van der Waals surface area contributed by atoms with Crippen molar-refractivity contribution < 1.29 is 29.0 Å². The largest absolute Gasteiger partial charge is 0.480 e. The van der Waals surface area contributed by atoms with Gasteiger partial charge < -0.3 is 19.9 Å². The summed E-state index contributed by atoms with van der Waals surface area (Å²) in [5.41, 5.74) is 0. The number of carboxylic acids is 1. The van der Waals surface area contributed by atoms with Crippen LogP contribution in [-0.2, 0) is 19.1 Å². The molecule has 0 unspecified atom stereocenters. The summed E-state index contributed by atoms with van der Waals surface area (Å²) in [6.07, 6.45) is 1.23. The van der Waals surface area contributed by atoms with E-state index >= 15 is 0 Å². The van der Waals surface area contributed by atoms with Gasteiger partial charge in [0.25, 0.3) is 0 Å². The van der Waals surface area contributed by atoms with E-state index in [0.717, 1.165) is 25.0 Å². The van der Waals surface area contributed by atoms with E-state index in [1.165, 1.54) is 25.6 Å². The number of alkyl carbamates (subject to hydrolysis) is 1. The Morgan fingerprint density at radius 1 is 1.24 bits per heavy atom. The van der Waals surface area contributed by atoms with Crippen molar-refractivity contribution in [3.63, 3.8) is 0 Å². The molecule has 0 fully saturated rings. The second-order valence-electron chi connectivity index (χ2n) is 4.37. The van der Waals surface area contributed by atoms with Gasteiger partial charge in [0.2, 0.25) is 6.29 Å². The number of hydrogen-bond acceptors (Lipinski definition) is 6. The van der Waals surface area contributed by atoms with Gasteiger partial charge in [-0.1, -0.05) is 19.8 Å². The summed E-state index contributed by atoms with van der Waals surface area (Å²) in [4.78, 5) is 33.1. The number of amides is 1. The molecule has 21 heavy (non-hydrogen) atoms. The van der Waals surface area contributed by atoms with Crippen LogP contribution in [0.25, 0.3) is 0 Å². The fourth-order valence-electron chi connectivity index (χ4n) is 1.42. The van der Waals surface area contributed by atoms with E-state index in [1.54, 1.807) is 0 Å². The Kier molecular flexibility index (Phi) is 10.5. The summed E-state index contributed by atoms with van der Waals surface area (Å²) in [6.45, 7) is 4.62. The lowest BCUT2D eigenvalue weighted by Crippen LogP contribution is -2.37. The van der Waals surface area contributed by atoms with Gasteiger partial charge in [-0.15, -0.1) is 11.8 Å². The van der Waals surface area contributed by atoms with E-state index in [1.807, 2.05) is 0 Å². The predicted octanol–water partition coefficient (Wildman–Crippen LogP) is 2.00. The van der Waals surface area contributed by atoms with Gasteiger partial charge in [-0.2, -0.15) is 0 Å². The Balaban J connectivity index is 4.03. The summed E-state index contributed by atoms with van der Waals surface area (Å²) in [6, 6.07) is 0. The van der Waals surface area contributed by atoms with Gasteiger partial charge in [0.1, 0.15) is 5.25 Å². The molecule has 0 radical (unpaired) electrons. The smallest absolute Gasteiger partial charge is 0.410 e. The third-order valence-corrected chi connectivity index (χ3v) is 3.67. The minimum Gasteiger partial charge on any atom is -0.480 e. The zero-order valence-electron chi connectivity index (χ0n) is 12.6. The molecule has 0 aromatic heterocycles. The number of unbranched alkanes of at least 4 members (excludes halogenated alkanes) is 2. The lowest BCUT2D eigenvalue weighted by Gasteiger charge is -2.16. The van der Waals surface area contributed by atoms with Crippen LogP contribution in [0, 0.1) is 0 Å². The van der Waals surface area contributed by atoms with Crippen molar-refractivity contribution in [3.05, 3.63) is 0 Å². The number of carbonyl (C=O) groups excluding carboxylic acids is 2. The van der Waals surface area contributed by atoms with E-state index in [0.29, 0.717) is 0 Å². The van der Waals surface area contributed by atoms with Gasteiger partial charge in [-0.25, -0.2) is 4.79 Å². The molecule has 1 amide bonds. The number of thioether (sulfide) groups is 1. The number of carbonyl (C=O) groups is 3. The van der Waals surface area contributed by atoms with Crippen molar-refractivity contribution in [2.75, 3.05) is 12.3 Å². The maximum Gasteiger partial charge on any atom is 0.410 e. The first-order valence-corrected chi connectivity index (χ1v) is 7.87. The van der Waals surface area contributed by atoms with Gasteiger partial charge in [-0.3, -0.25) is 9.59 Å². The fraction of sp³-hybridized carbons (Fsp3) is 0.769. The van der Waals surface area contributed by atoms with Crippen LogP contribution in [0.3, 0.4) is 0 Å². The summed E-state index contributed by atoms with van der Waals surface area (Å²) in [7, 11) is 0. The number of rotatable bonds is 10. The van der Waals surface area contributed by atoms with E-state index in [4.69, 9.17) is 9.84 Å². The van der Waals surface area contributed by atoms with E-state index in [9.17, 15) is 14.4 Å². The highest BCUT2D eigenvalue weighted by molar-refractivity contribution is 8.00. The summed E-state index contributed by atoms with van der Waals surface area (Å²) in [5, 5.41) is 10.7. The second-order valence-corrected chi connectivity index (χ2v) is 5.68. The molecule has 0 aliphatic rings. The van der Waals surface area contributed by atoms with Gasteiger partial charge in [0.15, 0.2) is 0 Å². The highest BCUT2D eigenvalue weighted by Crippen LogP contribution is 2.13. The van der Waals surface area contributed by atoms with Crippen molar-refractivity contribution in [2.24, 2.45) is 0 Å². The molecule has 7 nitrogen and oxygen atoms in total. The number of aliphatic carboxylic acids is 1. The molecule has 0 rings (SSSR count). The normalized spacial score (nSPS) is 13.1. The SMILES string of the molecule is CCCCCS[C@@H](CNC(=O)O[C@H](C)OC(C)=O)C(=O)O. The van der Waals surface area contributed by atoms with Crippen molar-refractivity contribution in [1.82, 2.24) is 5.32 Å². The number of esters is 1. The summed E-state index contributed by atoms with van der Waals surface area (Å²) in [5.74, 6) is -0.819. The van der Waals surface area contributed by atoms with Gasteiger partial charge in [0.05, 0.1) is 0 Å². The number of ether oxygens (including phenoxy) is 2. The van der Waals surface area contributed by atoms with Gasteiger partial charge >= 0.3 is 18.0 Å². The second kappa shape index (κ2) is 11.2. The zero-order valence-corrected chi connectivity index (χ0v) is 13.4. The van der Waals surface area contributed by atoms with Crippen LogP contribution in [0.15, 0.2) is 0 Å². The molecule has 0 aliphatic heterocycles. The summed E-state index contributed by atoms with van der Waals surface area (Å²) < 4.78 is 9.36. The highest BCUT2D eigenvalue weighted by atomic mass is 32.2. The first kappa shape index (κ1) is 19.6. The minimum absolute atomic E-state index is 0.0439. The fourth-order valence-corrected chi connectivity index (χ4v) is 2.42. The molecule has 2 N–H and O–H groups in total. The molecular weight excluding hydrogens is 298 g/mol. The van der Waals surface area contributed by atoms with Crippen molar-refractivity contribution in [2.45, 2.75) is 51.6 Å². The lowest BCUT2D eigenvalue weighted by molar-refractivity contribution is -0.162. The molecule has 0 spiro atoms. The quantitative estimate of drug-likeness (QED) is 0.360. The monoisotopic (exact) mass is 321 g/mol. The van der Waals surface area contributed by atoms with Crippen molar-refractivity contribution in [3.8, 4) is 0 Å². The standard InChI is InChI=1S/C13H23NO6S/c1-4-5-6-7-21-11(12(16)17)8-14-13(18)20-10(3)19-9(2)15/h10-11H,4-8H2,1-3H3,(H,14,18)(H,16,17)/t10-,11+/m1/s1. The molecule has 8 heteroatoms. The van der Waals surface area contributed by atoms with Crippen LogP contribution in [0.2, 0.25) is 0 Å². The minimum atomic E-state index is -1.01. The van der Waals surface area contributed by atoms with Crippen molar-refractivity contribution in [1.29, 1.82) is 0 Å². The topological polar surface area (TPSA) is 102 Å². The predicted molar refractivity (Wildman–Crippen MR) is 79.1 cm³/mol. The van der Waals surface area contributed by atoms with Crippen LogP contribution in [0.1, 0.15) is 40.0 Å². The van der Waals surface area contributed by atoms with E-state index < -0.39 is 29.6 Å². The number of carboxylic acid groups (broad SMARTS) is 1. The maximum absolute atomic E-state index is 11.4. The molecule has 0 aromatic carbocycles. The molecular formula is C13H23NO6S. The Hall–Kier alpha value is -1.44. The Bertz CT molecular complexity index is 350. The van der Waals surface area contributed by atoms with Crippen LogP contribution in [0.4, 0.5) is 4.79 Å². The third-order valence-electron chi connectivity index (χ3n) is 2.38. The molecule has 0 aliphatic carbocycles. The molecule has 0 saturated heterocycles. The zero-order chi connectivity index (χ0) is 16.3. The van der Waals surface area contributed by atoms with Crippen LogP contribution in [-0.4, -0.2) is 47.0 Å². The molecule has 0 aromatic rings. The lowest BCUT2D eigenvalue weighted by atomic mass is 10.3. The van der Waals surface area contributed by atoms with Crippen LogP contribution >= 0.6 is 11.8 Å². The van der Waals surface area contributed by atoms with Crippen molar-refractivity contribution >= 4 is 29.8 Å². The first-order valence-electron chi connectivity index (χ1n) is 6.82. The Morgan fingerprint density at radius 2 is 1.90 bits per heavy atom.